The number of hydrogen-bond acceptors (Lipinski definition) is 7. The van der Waals surface area contributed by atoms with E-state index in [0.29, 0.717) is 17.0 Å². The summed E-state index contributed by atoms with van der Waals surface area (Å²) in [5.74, 6) is -2.09. The van der Waals surface area contributed by atoms with E-state index in [0.717, 1.165) is 11.1 Å². The predicted octanol–water partition coefficient (Wildman–Crippen LogP) is 4.27. The monoisotopic (exact) mass is 512 g/mol. The summed E-state index contributed by atoms with van der Waals surface area (Å²) in [6.45, 7) is 10.6. The fraction of sp³-hybridized carbons (Fsp3) is 0.333. The van der Waals surface area contributed by atoms with Crippen LogP contribution in [0.2, 0.25) is 0 Å². The minimum Gasteiger partial charge on any atom is -0.463 e. The van der Waals surface area contributed by atoms with Crippen LogP contribution in [0.1, 0.15) is 50.3 Å². The molecular formula is C27H32N2O6S. The van der Waals surface area contributed by atoms with E-state index in [1.807, 2.05) is 38.1 Å². The lowest BCUT2D eigenvalue weighted by Gasteiger charge is -2.37. The third-order valence-corrected chi connectivity index (χ3v) is 7.29. The molecule has 0 amide bonds. The first-order valence-electron chi connectivity index (χ1n) is 11.7. The number of aryl methyl sites for hydroxylation is 2. The Balaban J connectivity index is 2.23. The molecule has 192 valence electrons. The smallest absolute Gasteiger partial charge is 0.336 e. The van der Waals surface area contributed by atoms with Gasteiger partial charge in [-0.1, -0.05) is 47.5 Å². The summed E-state index contributed by atoms with van der Waals surface area (Å²) in [5.41, 5.74) is 3.53. The third-order valence-electron chi connectivity index (χ3n) is 5.97. The number of sulfonamides is 1. The van der Waals surface area contributed by atoms with Gasteiger partial charge in [0.15, 0.2) is 0 Å². The van der Waals surface area contributed by atoms with Crippen LogP contribution in [0.3, 0.4) is 0 Å². The van der Waals surface area contributed by atoms with Crippen molar-refractivity contribution >= 4 is 22.0 Å². The Labute approximate surface area is 212 Å². The van der Waals surface area contributed by atoms with Crippen LogP contribution in [0.4, 0.5) is 0 Å². The molecule has 3 rings (SSSR count). The van der Waals surface area contributed by atoms with Crippen molar-refractivity contribution < 1.29 is 27.5 Å². The zero-order chi connectivity index (χ0) is 26.6. The summed E-state index contributed by atoms with van der Waals surface area (Å²) in [4.78, 5) is 29.1. The minimum atomic E-state index is -4.05. The second-order valence-electron chi connectivity index (χ2n) is 8.53. The minimum absolute atomic E-state index is 0.0460. The second kappa shape index (κ2) is 11.1. The van der Waals surface area contributed by atoms with Gasteiger partial charge in [-0.05, 0) is 59.2 Å². The van der Waals surface area contributed by atoms with E-state index in [2.05, 4.69) is 4.83 Å². The van der Waals surface area contributed by atoms with Gasteiger partial charge in [-0.3, -0.25) is 5.01 Å². The van der Waals surface area contributed by atoms with Gasteiger partial charge in [0, 0.05) is 11.4 Å². The number of allylic oxidation sites excluding steroid dienone is 2. The molecule has 0 bridgehead atoms. The Morgan fingerprint density at radius 2 is 1.19 bits per heavy atom. The van der Waals surface area contributed by atoms with Crippen molar-refractivity contribution in [3.8, 4) is 0 Å². The molecule has 8 nitrogen and oxygen atoms in total. The van der Waals surface area contributed by atoms with E-state index >= 15 is 0 Å². The molecule has 0 saturated carbocycles. The number of nitrogens with one attached hydrogen (secondary N) is 1. The molecular weight excluding hydrogens is 480 g/mol. The molecule has 1 aliphatic heterocycles. The van der Waals surface area contributed by atoms with Crippen LogP contribution >= 0.6 is 0 Å². The van der Waals surface area contributed by atoms with Crippen LogP contribution in [0.25, 0.3) is 0 Å². The lowest BCUT2D eigenvalue weighted by atomic mass is 9.80. The zero-order valence-corrected chi connectivity index (χ0v) is 22.2. The molecule has 1 N–H and O–H groups in total. The quantitative estimate of drug-likeness (QED) is 0.527. The van der Waals surface area contributed by atoms with Crippen molar-refractivity contribution in [2.24, 2.45) is 0 Å². The molecule has 0 fully saturated rings. The first-order chi connectivity index (χ1) is 17.0. The average Bonchev–Trinajstić information content (AvgIpc) is 2.82. The molecule has 0 unspecified atom stereocenters. The molecule has 0 atom stereocenters. The molecule has 0 radical (unpaired) electrons. The number of hydrogen-bond donors (Lipinski definition) is 1. The van der Waals surface area contributed by atoms with Gasteiger partial charge in [-0.15, -0.1) is 4.83 Å². The largest absolute Gasteiger partial charge is 0.463 e. The lowest BCUT2D eigenvalue weighted by Crippen LogP contribution is -2.45. The van der Waals surface area contributed by atoms with Gasteiger partial charge in [0.25, 0.3) is 10.0 Å². The van der Waals surface area contributed by atoms with Crippen LogP contribution < -0.4 is 4.83 Å². The van der Waals surface area contributed by atoms with E-state index in [1.54, 1.807) is 39.8 Å². The highest BCUT2D eigenvalue weighted by atomic mass is 32.2. The van der Waals surface area contributed by atoms with Gasteiger partial charge < -0.3 is 9.47 Å². The Morgan fingerprint density at radius 3 is 1.61 bits per heavy atom. The van der Waals surface area contributed by atoms with E-state index in [4.69, 9.17) is 9.47 Å². The molecule has 0 aromatic heterocycles. The maximum Gasteiger partial charge on any atom is 0.336 e. The maximum absolute atomic E-state index is 13.3. The highest BCUT2D eigenvalue weighted by molar-refractivity contribution is 7.89. The number of carbonyl (C=O) groups is 2. The Morgan fingerprint density at radius 1 is 0.778 bits per heavy atom. The van der Waals surface area contributed by atoms with Gasteiger partial charge in [-0.2, -0.15) is 0 Å². The van der Waals surface area contributed by atoms with Crippen molar-refractivity contribution in [2.75, 3.05) is 13.2 Å². The second-order valence-corrected chi connectivity index (χ2v) is 10.2. The molecule has 1 heterocycles. The van der Waals surface area contributed by atoms with Crippen molar-refractivity contribution in [1.29, 1.82) is 0 Å². The van der Waals surface area contributed by atoms with Crippen LogP contribution in [-0.4, -0.2) is 38.6 Å². The summed E-state index contributed by atoms with van der Waals surface area (Å²) in [6.07, 6.45) is 0. The summed E-state index contributed by atoms with van der Waals surface area (Å²) >= 11 is 0. The zero-order valence-electron chi connectivity index (χ0n) is 21.4. The lowest BCUT2D eigenvalue weighted by molar-refractivity contribution is -0.139. The maximum atomic E-state index is 13.3. The number of hydrazine groups is 1. The summed E-state index contributed by atoms with van der Waals surface area (Å²) < 4.78 is 37.2. The molecule has 36 heavy (non-hydrogen) atoms. The van der Waals surface area contributed by atoms with Crippen LogP contribution in [0, 0.1) is 13.8 Å². The number of carbonyl (C=O) groups excluding carboxylic acids is 2. The molecule has 0 saturated heterocycles. The summed E-state index contributed by atoms with van der Waals surface area (Å²) in [5, 5.41) is 1.25. The van der Waals surface area contributed by atoms with Crippen molar-refractivity contribution in [3.63, 3.8) is 0 Å². The number of benzene rings is 2. The topological polar surface area (TPSA) is 102 Å². The standard InChI is InChI=1S/C27H32N2O6S/c1-7-34-26(30)23-19(5)29(28-36(32,33)22-15-11-18(4)12-16-22)20(6)24(27(31)35-8-2)25(23)21-13-9-17(3)10-14-21/h9-16,25,28H,7-8H2,1-6H3. The first-order valence-corrected chi connectivity index (χ1v) is 13.2. The van der Waals surface area contributed by atoms with Gasteiger partial charge in [0.1, 0.15) is 0 Å². The molecule has 2 aromatic carbocycles. The van der Waals surface area contributed by atoms with Crippen molar-refractivity contribution in [2.45, 2.75) is 52.4 Å². The summed E-state index contributed by atoms with van der Waals surface area (Å²) in [7, 11) is -4.05. The van der Waals surface area contributed by atoms with Crippen LogP contribution in [0.5, 0.6) is 0 Å². The van der Waals surface area contributed by atoms with Gasteiger partial charge in [0.2, 0.25) is 0 Å². The van der Waals surface area contributed by atoms with Gasteiger partial charge >= 0.3 is 11.9 Å². The average molecular weight is 513 g/mol. The Bertz CT molecular complexity index is 1270. The molecule has 9 heteroatoms. The Kier molecular flexibility index (Phi) is 8.37. The highest BCUT2D eigenvalue weighted by Gasteiger charge is 2.41. The normalized spacial score (nSPS) is 14.8. The van der Waals surface area contributed by atoms with Crippen LogP contribution in [0.15, 0.2) is 76.0 Å². The van der Waals surface area contributed by atoms with E-state index < -0.39 is 27.9 Å². The first kappa shape index (κ1) is 27.2. The predicted molar refractivity (Wildman–Crippen MR) is 136 cm³/mol. The Hall–Kier alpha value is -3.43. The fourth-order valence-corrected chi connectivity index (χ4v) is 5.24. The highest BCUT2D eigenvalue weighted by Crippen LogP contribution is 2.42. The number of ether oxygens (including phenoxy) is 2. The van der Waals surface area contributed by atoms with Gasteiger partial charge in [-0.25, -0.2) is 18.0 Å². The van der Waals surface area contributed by atoms with Crippen molar-refractivity contribution in [3.05, 3.63) is 87.8 Å². The van der Waals surface area contributed by atoms with Crippen molar-refractivity contribution in [1.82, 2.24) is 9.84 Å². The number of esters is 2. The third kappa shape index (κ3) is 5.52. The van der Waals surface area contributed by atoms with E-state index in [-0.39, 0.29) is 29.3 Å². The fourth-order valence-electron chi connectivity index (χ4n) is 4.12. The molecule has 0 spiro atoms. The van der Waals surface area contributed by atoms with E-state index in [9.17, 15) is 18.0 Å². The van der Waals surface area contributed by atoms with Crippen LogP contribution in [-0.2, 0) is 29.1 Å². The molecule has 2 aromatic rings. The van der Waals surface area contributed by atoms with Gasteiger partial charge in [0.05, 0.1) is 35.2 Å². The summed E-state index contributed by atoms with van der Waals surface area (Å²) in [6, 6.07) is 13.8. The number of nitrogens with zero attached hydrogens (tertiary/aromatic N) is 1. The molecule has 1 aliphatic rings. The number of rotatable bonds is 8. The van der Waals surface area contributed by atoms with E-state index in [1.165, 1.54) is 17.1 Å². The SMILES string of the molecule is CCOC(=O)C1=C(C)N(NS(=O)(=O)c2ccc(C)cc2)C(C)=C(C(=O)OCC)C1c1ccc(C)cc1. The molecule has 0 aliphatic carbocycles.